The number of nitrogens with zero attached hydrogens (tertiary/aromatic N) is 2. The molecule has 13 heteroatoms. The molecule has 0 bridgehead atoms. The van der Waals surface area contributed by atoms with Crippen molar-refractivity contribution in [1.82, 2.24) is 0 Å². The summed E-state index contributed by atoms with van der Waals surface area (Å²) < 4.78 is 0. The monoisotopic (exact) mass is 526 g/mol. The molecule has 0 spiro atoms. The average Bonchev–Trinajstić information content (AvgIpc) is 2.74. The predicted molar refractivity (Wildman–Crippen MR) is 94.8 cm³/mol. The number of carboxylic acid groups (broad SMARTS) is 4. The summed E-state index contributed by atoms with van der Waals surface area (Å²) in [5.74, 6) is -5.64. The van der Waals surface area contributed by atoms with Crippen LogP contribution in [0.15, 0.2) is 0 Å². The van der Waals surface area contributed by atoms with Gasteiger partial charge in [-0.15, -0.1) is 11.3 Å². The Morgan fingerprint density at radius 3 is 1.80 bits per heavy atom. The van der Waals surface area contributed by atoms with Gasteiger partial charge in [0.2, 0.25) is 0 Å². The zero-order chi connectivity index (χ0) is 17.7. The molecule has 0 aromatic carbocycles. The molecule has 4 N–H and O–H groups in total. The summed E-state index contributed by atoms with van der Waals surface area (Å²) in [7, 11) is 0. The molecule has 0 fully saturated rings. The smallest absolute Gasteiger partial charge is 0.346 e. The summed E-state index contributed by atoms with van der Waals surface area (Å²) in [6.07, 6.45) is -0.755. The van der Waals surface area contributed by atoms with Crippen LogP contribution in [0.3, 0.4) is 0 Å². The molecule has 25 heavy (non-hydrogen) atoms. The molecule has 0 amide bonds. The Labute approximate surface area is 225 Å². The zero-order valence-electron chi connectivity index (χ0n) is 12.8. The van der Waals surface area contributed by atoms with Crippen molar-refractivity contribution in [2.45, 2.75) is 6.42 Å². The van der Waals surface area contributed by atoms with Gasteiger partial charge in [-0.25, -0.2) is 4.79 Å². The second-order valence-corrected chi connectivity index (χ2v) is 5.22. The fourth-order valence-corrected chi connectivity index (χ4v) is 2.92. The topological polar surface area (TPSA) is 176 Å². The maximum Gasteiger partial charge on any atom is 0.346 e. The number of aromatic carboxylic acids is 1. The molecule has 10 nitrogen and oxygen atoms in total. The van der Waals surface area contributed by atoms with E-state index in [2.05, 4.69) is 0 Å². The van der Waals surface area contributed by atoms with Crippen LogP contribution >= 0.6 is 11.3 Å². The van der Waals surface area contributed by atoms with Crippen molar-refractivity contribution in [3.63, 3.8) is 0 Å². The van der Waals surface area contributed by atoms with Gasteiger partial charge in [0.25, 0.3) is 0 Å². The van der Waals surface area contributed by atoms with E-state index < -0.39 is 48.3 Å². The molecule has 0 unspecified atom stereocenters. The first kappa shape index (κ1) is 27.1. The van der Waals surface area contributed by atoms with E-state index in [-0.39, 0.29) is 113 Å². The maximum absolute atomic E-state index is 11.2. The fraction of sp³-hybridized carbons (Fsp3) is 0.250. The standard InChI is InChI=1S/C12H10N2O8S.2Sr.4H2/c13-2-6-5(1-7(15)16)10(12(21)22)23-11(6)14(3-8(17)18)4-9(19)20;;;;;;/h1,3-4H2,(H,15,16)(H,17,18)(H,19,20)(H,21,22);;;4*1H. The minimum atomic E-state index is -1.49. The largest absolute Gasteiger partial charge is 0.481 e. The summed E-state index contributed by atoms with van der Waals surface area (Å²) in [5, 5.41) is 44.6. The van der Waals surface area contributed by atoms with Crippen LogP contribution in [-0.2, 0) is 20.8 Å². The van der Waals surface area contributed by atoms with Crippen LogP contribution in [0.5, 0.6) is 0 Å². The number of hydrogen-bond acceptors (Lipinski definition) is 7. The number of carboxylic acids is 4. The molecule has 1 aromatic rings. The van der Waals surface area contributed by atoms with Crippen LogP contribution in [0, 0.1) is 11.3 Å². The van der Waals surface area contributed by atoms with Crippen molar-refractivity contribution in [2.24, 2.45) is 0 Å². The summed E-state index contributed by atoms with van der Waals surface area (Å²) in [4.78, 5) is 44.1. The van der Waals surface area contributed by atoms with Gasteiger partial charge in [-0.1, -0.05) is 0 Å². The van der Waals surface area contributed by atoms with E-state index in [1.54, 1.807) is 6.07 Å². The molecule has 0 aliphatic heterocycles. The van der Waals surface area contributed by atoms with Crippen LogP contribution in [0.1, 0.15) is 26.5 Å². The van der Waals surface area contributed by atoms with Crippen LogP contribution in [0.2, 0.25) is 0 Å². The summed E-state index contributed by atoms with van der Waals surface area (Å²) >= 11 is 0.467. The maximum atomic E-state index is 11.2. The van der Waals surface area contributed by atoms with E-state index in [0.717, 1.165) is 4.90 Å². The van der Waals surface area contributed by atoms with E-state index in [0.29, 0.717) is 11.3 Å². The minimum absolute atomic E-state index is 0. The fourth-order valence-electron chi connectivity index (χ4n) is 1.81. The molecule has 1 heterocycles. The second kappa shape index (κ2) is 12.3. The summed E-state index contributed by atoms with van der Waals surface area (Å²) in [6.45, 7) is -1.57. The van der Waals surface area contributed by atoms with Gasteiger partial charge in [-0.3, -0.25) is 14.4 Å². The molecule has 0 saturated heterocycles. The van der Waals surface area contributed by atoms with Crippen molar-refractivity contribution < 1.29 is 45.3 Å². The predicted octanol–water partition coefficient (Wildman–Crippen LogP) is 0.143. The van der Waals surface area contributed by atoms with Gasteiger partial charge < -0.3 is 25.3 Å². The van der Waals surface area contributed by atoms with Crippen LogP contribution in [0.4, 0.5) is 5.00 Å². The van der Waals surface area contributed by atoms with Crippen molar-refractivity contribution in [2.75, 3.05) is 18.0 Å². The third kappa shape index (κ3) is 7.94. The molecule has 0 saturated carbocycles. The molecular weight excluding hydrogens is 507 g/mol. The van der Waals surface area contributed by atoms with E-state index in [4.69, 9.17) is 20.4 Å². The van der Waals surface area contributed by atoms with Gasteiger partial charge in [-0.05, 0) is 0 Å². The summed E-state index contributed by atoms with van der Waals surface area (Å²) in [5.41, 5.74) is -0.634. The SMILES string of the molecule is N#Cc1c(N(CC(=O)O)CC(=O)O)sc(C(=O)O)c1CC(=O)O.[HH].[HH].[HH].[HH].[Sr].[Sr]. The van der Waals surface area contributed by atoms with Crippen LogP contribution in [-0.4, -0.2) is 148 Å². The minimum Gasteiger partial charge on any atom is -0.481 e. The normalized spacial score (nSPS) is 9.08. The Hall–Kier alpha value is -0.169. The average molecular weight is 526 g/mol. The number of nitriles is 1. The zero-order valence-corrected chi connectivity index (χ0v) is 20.5. The molecule has 0 aliphatic carbocycles. The first-order valence-corrected chi connectivity index (χ1v) is 6.68. The Kier molecular flexibility index (Phi) is 13.3. The Morgan fingerprint density at radius 2 is 1.48 bits per heavy atom. The Balaban J connectivity index is -0.000000220. The molecule has 0 aliphatic rings. The molecule has 1 rings (SSSR count). The molecule has 1 aromatic heterocycles. The third-order valence-electron chi connectivity index (χ3n) is 2.56. The number of carbonyl (C=O) groups is 4. The number of thiophene rings is 1. The van der Waals surface area contributed by atoms with Crippen molar-refractivity contribution >= 4 is 131 Å². The number of anilines is 1. The van der Waals surface area contributed by atoms with Gasteiger partial charge >= 0.3 is 23.9 Å². The van der Waals surface area contributed by atoms with Crippen LogP contribution in [0.25, 0.3) is 0 Å². The Bertz CT molecular complexity index is 728. The molecular formula is C12H18N2O8SSr2. The quantitative estimate of drug-likeness (QED) is 0.342. The number of aliphatic carboxylic acids is 3. The first-order chi connectivity index (χ1) is 10.7. The molecule has 0 atom stereocenters. The first-order valence-electron chi connectivity index (χ1n) is 5.86. The van der Waals surface area contributed by atoms with Gasteiger partial charge in [0.1, 0.15) is 29.0 Å². The Morgan fingerprint density at radius 1 is 1.00 bits per heavy atom. The van der Waals surface area contributed by atoms with E-state index in [1.807, 2.05) is 0 Å². The van der Waals surface area contributed by atoms with Gasteiger partial charge in [-0.2, -0.15) is 5.26 Å². The van der Waals surface area contributed by atoms with Gasteiger partial charge in [0.05, 0.1) is 12.0 Å². The van der Waals surface area contributed by atoms with Crippen LogP contribution < -0.4 is 4.90 Å². The molecule has 4 radical (unpaired) electrons. The van der Waals surface area contributed by atoms with E-state index >= 15 is 0 Å². The van der Waals surface area contributed by atoms with Crippen molar-refractivity contribution in [3.8, 4) is 6.07 Å². The van der Waals surface area contributed by atoms with E-state index in [9.17, 15) is 24.4 Å². The van der Waals surface area contributed by atoms with E-state index in [1.165, 1.54) is 0 Å². The number of rotatable bonds is 8. The second-order valence-electron chi connectivity index (χ2n) is 4.22. The van der Waals surface area contributed by atoms with Crippen molar-refractivity contribution in [3.05, 3.63) is 16.0 Å². The molecule has 134 valence electrons. The summed E-state index contributed by atoms with van der Waals surface area (Å²) in [6, 6.07) is 1.63. The third-order valence-corrected chi connectivity index (χ3v) is 3.84. The van der Waals surface area contributed by atoms with Gasteiger partial charge in [0, 0.05) is 102 Å². The number of hydrogen-bond donors (Lipinski definition) is 4. The van der Waals surface area contributed by atoms with Gasteiger partial charge in [0.15, 0.2) is 0 Å². The van der Waals surface area contributed by atoms with Crippen molar-refractivity contribution in [1.29, 1.82) is 5.26 Å².